The van der Waals surface area contributed by atoms with E-state index in [1.165, 1.54) is 19.4 Å². The maximum Gasteiger partial charge on any atom is 0.245 e. The lowest BCUT2D eigenvalue weighted by molar-refractivity contribution is -0.159. The molecule has 2 N–H and O–H groups in total. The fourth-order valence-electron chi connectivity index (χ4n) is 1.93. The zero-order chi connectivity index (χ0) is 15.3. The topological polar surface area (TPSA) is 89.4 Å². The number of aromatic hydroxyl groups is 1. The van der Waals surface area contributed by atoms with E-state index in [4.69, 9.17) is 14.2 Å². The van der Waals surface area contributed by atoms with Crippen LogP contribution in [0, 0.1) is 0 Å². The maximum absolute atomic E-state index is 11.7. The van der Waals surface area contributed by atoms with Crippen molar-refractivity contribution in [3.05, 3.63) is 23.8 Å². The number of ether oxygens (including phenoxy) is 3. The first-order valence-corrected chi connectivity index (χ1v) is 6.49. The molecule has 0 radical (unpaired) electrons. The first-order valence-electron chi connectivity index (χ1n) is 6.49. The van der Waals surface area contributed by atoms with E-state index in [1.807, 2.05) is 0 Å². The summed E-state index contributed by atoms with van der Waals surface area (Å²) in [6, 6.07) is 4.72. The molecule has 0 saturated carbocycles. The fraction of sp³-hybridized carbons (Fsp3) is 0.429. The Balaban J connectivity index is 1.91. The molecule has 114 valence electrons. The monoisotopic (exact) mass is 294 g/mol. The molecular formula is C14H18N2O5. The molecule has 0 aromatic heterocycles. The largest absolute Gasteiger partial charge is 0.507 e. The molecule has 0 bridgehead atoms. The van der Waals surface area contributed by atoms with Gasteiger partial charge in [0.05, 0.1) is 33.0 Å². The zero-order valence-electron chi connectivity index (χ0n) is 12.0. The Morgan fingerprint density at radius 1 is 1.52 bits per heavy atom. The number of carbonyl (C=O) groups excluding carboxylic acids is 1. The standard InChI is InChI=1S/C14H18N2O5/c1-14(20-5-6-21-14)8-13(18)16-15-9-10-7-11(19-2)3-4-12(10)17/h3-4,7,9,17H,5-6,8H2,1-2H3,(H,16,18)/b15-9-. The Morgan fingerprint density at radius 3 is 2.90 bits per heavy atom. The third-order valence-electron chi connectivity index (χ3n) is 3.01. The predicted molar refractivity (Wildman–Crippen MR) is 75.3 cm³/mol. The van der Waals surface area contributed by atoms with Gasteiger partial charge in [0.25, 0.3) is 0 Å². The Bertz CT molecular complexity index is 538. The highest BCUT2D eigenvalue weighted by Crippen LogP contribution is 2.22. The summed E-state index contributed by atoms with van der Waals surface area (Å²) in [5.74, 6) is -0.598. The Morgan fingerprint density at radius 2 is 2.24 bits per heavy atom. The van der Waals surface area contributed by atoms with Crippen LogP contribution in [0.2, 0.25) is 0 Å². The van der Waals surface area contributed by atoms with Crippen molar-refractivity contribution in [3.63, 3.8) is 0 Å². The number of nitrogens with zero attached hydrogens (tertiary/aromatic N) is 1. The number of benzene rings is 1. The van der Waals surface area contributed by atoms with E-state index >= 15 is 0 Å². The lowest BCUT2D eigenvalue weighted by Crippen LogP contribution is -2.33. The number of carbonyl (C=O) groups is 1. The number of phenolic OH excluding ortho intramolecular Hbond substituents is 1. The van der Waals surface area contributed by atoms with Crippen molar-refractivity contribution >= 4 is 12.1 Å². The molecule has 1 aliphatic rings. The minimum absolute atomic E-state index is 0.0446. The Kier molecular flexibility index (Phi) is 4.77. The SMILES string of the molecule is COc1ccc(O)c(/C=N\NC(=O)CC2(C)OCCO2)c1. The molecule has 2 rings (SSSR count). The van der Waals surface area contributed by atoms with Crippen LogP contribution in [0.4, 0.5) is 0 Å². The average Bonchev–Trinajstić information content (AvgIpc) is 2.87. The molecule has 1 aromatic rings. The summed E-state index contributed by atoms with van der Waals surface area (Å²) in [5.41, 5.74) is 2.81. The summed E-state index contributed by atoms with van der Waals surface area (Å²) in [5, 5.41) is 13.5. The van der Waals surface area contributed by atoms with E-state index in [1.54, 1.807) is 19.1 Å². The number of hydrogen-bond donors (Lipinski definition) is 2. The van der Waals surface area contributed by atoms with Crippen LogP contribution >= 0.6 is 0 Å². The predicted octanol–water partition coefficient (Wildman–Crippen LogP) is 1.00. The summed E-state index contributed by atoms with van der Waals surface area (Å²) in [6.45, 7) is 2.66. The van der Waals surface area contributed by atoms with E-state index in [0.29, 0.717) is 24.5 Å². The summed E-state index contributed by atoms with van der Waals surface area (Å²) >= 11 is 0. The van der Waals surface area contributed by atoms with Gasteiger partial charge in [-0.1, -0.05) is 0 Å². The molecule has 7 heteroatoms. The van der Waals surface area contributed by atoms with Crippen molar-refractivity contribution in [2.24, 2.45) is 5.10 Å². The van der Waals surface area contributed by atoms with Gasteiger partial charge in [0, 0.05) is 5.56 Å². The molecule has 7 nitrogen and oxygen atoms in total. The second kappa shape index (κ2) is 6.55. The first-order chi connectivity index (χ1) is 10.0. The molecule has 1 fully saturated rings. The van der Waals surface area contributed by atoms with Gasteiger partial charge in [-0.2, -0.15) is 5.10 Å². The van der Waals surface area contributed by atoms with Crippen LogP contribution in [0.3, 0.4) is 0 Å². The highest BCUT2D eigenvalue weighted by molar-refractivity contribution is 5.85. The van der Waals surface area contributed by atoms with Gasteiger partial charge in [-0.05, 0) is 25.1 Å². The molecule has 0 aliphatic carbocycles. The van der Waals surface area contributed by atoms with Crippen molar-refractivity contribution in [1.29, 1.82) is 0 Å². The minimum atomic E-state index is -0.891. The Labute approximate surface area is 122 Å². The second-order valence-corrected chi connectivity index (χ2v) is 4.73. The van der Waals surface area contributed by atoms with E-state index in [9.17, 15) is 9.90 Å². The highest BCUT2D eigenvalue weighted by Gasteiger charge is 2.33. The van der Waals surface area contributed by atoms with Gasteiger partial charge in [0.2, 0.25) is 5.91 Å². The molecule has 1 aliphatic heterocycles. The van der Waals surface area contributed by atoms with Crippen molar-refractivity contribution in [1.82, 2.24) is 5.43 Å². The van der Waals surface area contributed by atoms with Crippen LogP contribution in [-0.4, -0.2) is 43.3 Å². The van der Waals surface area contributed by atoms with Crippen LogP contribution in [0.25, 0.3) is 0 Å². The van der Waals surface area contributed by atoms with Crippen LogP contribution in [-0.2, 0) is 14.3 Å². The summed E-state index contributed by atoms with van der Waals surface area (Å²) < 4.78 is 15.7. The molecular weight excluding hydrogens is 276 g/mol. The number of hydrogen-bond acceptors (Lipinski definition) is 6. The molecule has 1 saturated heterocycles. The summed E-state index contributed by atoms with van der Waals surface area (Å²) in [7, 11) is 1.53. The van der Waals surface area contributed by atoms with E-state index in [0.717, 1.165) is 0 Å². The zero-order valence-corrected chi connectivity index (χ0v) is 12.0. The molecule has 0 spiro atoms. The second-order valence-electron chi connectivity index (χ2n) is 4.73. The molecule has 1 aromatic carbocycles. The van der Waals surface area contributed by atoms with Gasteiger partial charge in [-0.25, -0.2) is 5.43 Å². The Hall–Kier alpha value is -2.12. The number of methoxy groups -OCH3 is 1. The van der Waals surface area contributed by atoms with Gasteiger partial charge in [0.15, 0.2) is 5.79 Å². The normalized spacial score (nSPS) is 17.0. The van der Waals surface area contributed by atoms with Gasteiger partial charge in [-0.3, -0.25) is 4.79 Å². The van der Waals surface area contributed by atoms with E-state index in [-0.39, 0.29) is 18.1 Å². The maximum atomic E-state index is 11.7. The van der Waals surface area contributed by atoms with E-state index in [2.05, 4.69) is 10.5 Å². The van der Waals surface area contributed by atoms with Crippen LogP contribution in [0.5, 0.6) is 11.5 Å². The number of nitrogens with one attached hydrogen (secondary N) is 1. The van der Waals surface area contributed by atoms with Crippen LogP contribution in [0.1, 0.15) is 18.9 Å². The van der Waals surface area contributed by atoms with E-state index < -0.39 is 5.79 Å². The van der Waals surface area contributed by atoms with Crippen LogP contribution in [0.15, 0.2) is 23.3 Å². The number of phenols is 1. The van der Waals surface area contributed by atoms with Gasteiger partial charge in [0.1, 0.15) is 11.5 Å². The molecule has 21 heavy (non-hydrogen) atoms. The lowest BCUT2D eigenvalue weighted by Gasteiger charge is -2.20. The first kappa shape index (κ1) is 15.3. The van der Waals surface area contributed by atoms with Crippen LogP contribution < -0.4 is 10.2 Å². The molecule has 1 heterocycles. The fourth-order valence-corrected chi connectivity index (χ4v) is 1.93. The smallest absolute Gasteiger partial charge is 0.245 e. The summed E-state index contributed by atoms with van der Waals surface area (Å²) in [4.78, 5) is 11.7. The average molecular weight is 294 g/mol. The minimum Gasteiger partial charge on any atom is -0.507 e. The van der Waals surface area contributed by atoms with Gasteiger partial charge >= 0.3 is 0 Å². The molecule has 0 atom stereocenters. The van der Waals surface area contributed by atoms with Gasteiger partial charge in [-0.15, -0.1) is 0 Å². The van der Waals surface area contributed by atoms with Crippen molar-refractivity contribution in [2.45, 2.75) is 19.1 Å². The summed E-state index contributed by atoms with van der Waals surface area (Å²) in [6.07, 6.45) is 1.39. The number of rotatable bonds is 5. The third kappa shape index (κ3) is 4.17. The van der Waals surface area contributed by atoms with Crippen molar-refractivity contribution in [3.8, 4) is 11.5 Å². The molecule has 0 unspecified atom stereocenters. The van der Waals surface area contributed by atoms with Crippen molar-refractivity contribution in [2.75, 3.05) is 20.3 Å². The third-order valence-corrected chi connectivity index (χ3v) is 3.01. The number of amides is 1. The quantitative estimate of drug-likeness (QED) is 0.625. The van der Waals surface area contributed by atoms with Gasteiger partial charge < -0.3 is 19.3 Å². The lowest BCUT2D eigenvalue weighted by atomic mass is 10.2. The highest BCUT2D eigenvalue weighted by atomic mass is 16.7. The van der Waals surface area contributed by atoms with Crippen molar-refractivity contribution < 1.29 is 24.1 Å². The molecule has 1 amide bonds. The number of hydrazone groups is 1.